The summed E-state index contributed by atoms with van der Waals surface area (Å²) < 4.78 is 5.01. The molecule has 3 aromatic rings. The summed E-state index contributed by atoms with van der Waals surface area (Å²) in [7, 11) is 1.41. The van der Waals surface area contributed by atoms with Crippen molar-refractivity contribution in [2.24, 2.45) is 0 Å². The molecule has 0 unspecified atom stereocenters. The number of benzene rings is 1. The molecule has 0 saturated carbocycles. The zero-order valence-corrected chi connectivity index (χ0v) is 15.6. The van der Waals surface area contributed by atoms with Gasteiger partial charge in [-0.15, -0.1) is 11.3 Å². The van der Waals surface area contributed by atoms with E-state index in [2.05, 4.69) is 23.7 Å². The van der Waals surface area contributed by atoms with Crippen LogP contribution in [0.5, 0.6) is 0 Å². The summed E-state index contributed by atoms with van der Waals surface area (Å²) in [6.07, 6.45) is 5.31. The fourth-order valence-corrected chi connectivity index (χ4v) is 3.69. The molecule has 1 aromatic carbocycles. The molecular formula is C22H19NO2S. The van der Waals surface area contributed by atoms with Crippen molar-refractivity contribution in [1.82, 2.24) is 4.98 Å². The number of carbonyl (C=O) groups is 1. The Morgan fingerprint density at radius 1 is 1.19 bits per heavy atom. The highest BCUT2D eigenvalue weighted by atomic mass is 32.1. The monoisotopic (exact) mass is 361 g/mol. The second-order valence-corrected chi connectivity index (χ2v) is 6.74. The highest BCUT2D eigenvalue weighted by Crippen LogP contribution is 2.38. The topological polar surface area (TPSA) is 39.2 Å². The standard InChI is InChI=1S/C22H19NO2S/c1-3-4-6-11-17-15-23-13-12-18(17)19-14-20(16-9-7-5-8-10-16)26-21(19)22(24)25-2/h5,7-10,12-15H,3-4H2,1-2H3. The van der Waals surface area contributed by atoms with Gasteiger partial charge in [0.15, 0.2) is 0 Å². The van der Waals surface area contributed by atoms with E-state index in [9.17, 15) is 4.79 Å². The van der Waals surface area contributed by atoms with Crippen molar-refractivity contribution < 1.29 is 9.53 Å². The molecule has 0 saturated heterocycles. The maximum absolute atomic E-state index is 12.4. The molecule has 3 rings (SSSR count). The van der Waals surface area contributed by atoms with Crippen molar-refractivity contribution in [3.63, 3.8) is 0 Å². The molecule has 0 N–H and O–H groups in total. The Kier molecular flexibility index (Phi) is 5.83. The number of methoxy groups -OCH3 is 1. The van der Waals surface area contributed by atoms with Crippen LogP contribution in [0.1, 0.15) is 35.0 Å². The van der Waals surface area contributed by atoms with Gasteiger partial charge in [0.25, 0.3) is 0 Å². The number of hydrogen-bond donors (Lipinski definition) is 0. The van der Waals surface area contributed by atoms with Crippen molar-refractivity contribution in [2.45, 2.75) is 19.8 Å². The van der Waals surface area contributed by atoms with Gasteiger partial charge in [-0.1, -0.05) is 49.1 Å². The van der Waals surface area contributed by atoms with Crippen LogP contribution >= 0.6 is 11.3 Å². The summed E-state index contributed by atoms with van der Waals surface area (Å²) in [5, 5.41) is 0. The molecule has 0 aliphatic carbocycles. The van der Waals surface area contributed by atoms with Gasteiger partial charge in [0.1, 0.15) is 4.88 Å². The normalized spacial score (nSPS) is 10.1. The Morgan fingerprint density at radius 3 is 2.73 bits per heavy atom. The second-order valence-electron chi connectivity index (χ2n) is 5.68. The van der Waals surface area contributed by atoms with Crippen LogP contribution in [0, 0.1) is 11.8 Å². The molecule has 0 fully saturated rings. The first-order chi connectivity index (χ1) is 12.7. The number of rotatable bonds is 4. The molecular weight excluding hydrogens is 342 g/mol. The summed E-state index contributed by atoms with van der Waals surface area (Å²) >= 11 is 1.43. The Hall–Kier alpha value is -2.90. The molecule has 2 aromatic heterocycles. The van der Waals surface area contributed by atoms with Crippen molar-refractivity contribution in [3.05, 3.63) is 65.3 Å². The van der Waals surface area contributed by atoms with Crippen LogP contribution in [-0.4, -0.2) is 18.1 Å². The van der Waals surface area contributed by atoms with Crippen molar-refractivity contribution in [1.29, 1.82) is 0 Å². The van der Waals surface area contributed by atoms with E-state index in [-0.39, 0.29) is 5.97 Å². The molecule has 0 atom stereocenters. The smallest absolute Gasteiger partial charge is 0.348 e. The first-order valence-electron chi connectivity index (χ1n) is 8.45. The average Bonchev–Trinajstić information content (AvgIpc) is 3.14. The predicted molar refractivity (Wildman–Crippen MR) is 106 cm³/mol. The first kappa shape index (κ1) is 17.9. The average molecular weight is 361 g/mol. The van der Waals surface area contributed by atoms with Crippen LogP contribution < -0.4 is 0 Å². The molecule has 4 heteroatoms. The highest BCUT2D eigenvalue weighted by molar-refractivity contribution is 7.17. The number of hydrogen-bond acceptors (Lipinski definition) is 4. The number of thiophene rings is 1. The van der Waals surface area contributed by atoms with Gasteiger partial charge in [-0.05, 0) is 24.1 Å². The van der Waals surface area contributed by atoms with Gasteiger partial charge < -0.3 is 4.74 Å². The van der Waals surface area contributed by atoms with Crippen molar-refractivity contribution in [3.8, 4) is 33.4 Å². The van der Waals surface area contributed by atoms with Gasteiger partial charge in [0.2, 0.25) is 0 Å². The summed E-state index contributed by atoms with van der Waals surface area (Å²) in [6.45, 7) is 2.10. The third kappa shape index (κ3) is 3.84. The zero-order valence-electron chi connectivity index (χ0n) is 14.8. The molecule has 0 aliphatic rings. The van der Waals surface area contributed by atoms with E-state index in [0.29, 0.717) is 4.88 Å². The van der Waals surface area contributed by atoms with Gasteiger partial charge in [-0.3, -0.25) is 4.98 Å². The van der Waals surface area contributed by atoms with Crippen LogP contribution in [-0.2, 0) is 4.74 Å². The number of pyridine rings is 1. The van der Waals surface area contributed by atoms with E-state index in [4.69, 9.17) is 4.74 Å². The molecule has 130 valence electrons. The molecule has 0 amide bonds. The van der Waals surface area contributed by atoms with Crippen LogP contribution in [0.3, 0.4) is 0 Å². The fraction of sp³-hybridized carbons (Fsp3) is 0.182. The maximum atomic E-state index is 12.4. The molecule has 2 heterocycles. The first-order valence-corrected chi connectivity index (χ1v) is 9.27. The molecule has 0 aliphatic heterocycles. The van der Waals surface area contributed by atoms with E-state index < -0.39 is 0 Å². The second kappa shape index (κ2) is 8.46. The molecule has 0 spiro atoms. The molecule has 26 heavy (non-hydrogen) atoms. The summed E-state index contributed by atoms with van der Waals surface area (Å²) in [6, 6.07) is 14.0. The zero-order chi connectivity index (χ0) is 18.4. The van der Waals surface area contributed by atoms with E-state index in [1.54, 1.807) is 12.4 Å². The molecule has 0 bridgehead atoms. The van der Waals surface area contributed by atoms with Gasteiger partial charge >= 0.3 is 5.97 Å². The van der Waals surface area contributed by atoms with Gasteiger partial charge in [0, 0.05) is 34.8 Å². The third-order valence-electron chi connectivity index (χ3n) is 3.87. The number of esters is 1. The van der Waals surface area contributed by atoms with Gasteiger partial charge in [-0.25, -0.2) is 4.79 Å². The highest BCUT2D eigenvalue weighted by Gasteiger charge is 2.20. The summed E-state index contributed by atoms with van der Waals surface area (Å²) in [4.78, 5) is 18.2. The van der Waals surface area contributed by atoms with E-state index in [0.717, 1.165) is 40.0 Å². The Labute approximate surface area is 157 Å². The lowest BCUT2D eigenvalue weighted by Gasteiger charge is -2.04. The lowest BCUT2D eigenvalue weighted by Crippen LogP contribution is -2.00. The van der Waals surface area contributed by atoms with E-state index in [1.807, 2.05) is 42.5 Å². The SMILES string of the molecule is CCCC#Cc1cnccc1-c1cc(-c2ccccc2)sc1C(=O)OC. The quantitative estimate of drug-likeness (QED) is 0.460. The largest absolute Gasteiger partial charge is 0.465 e. The number of aromatic nitrogens is 1. The van der Waals surface area contributed by atoms with Gasteiger partial charge in [-0.2, -0.15) is 0 Å². The van der Waals surface area contributed by atoms with E-state index >= 15 is 0 Å². The van der Waals surface area contributed by atoms with Crippen LogP contribution in [0.25, 0.3) is 21.6 Å². The number of nitrogens with zero attached hydrogens (tertiary/aromatic N) is 1. The number of carbonyl (C=O) groups excluding carboxylic acids is 1. The van der Waals surface area contributed by atoms with Crippen LogP contribution in [0.4, 0.5) is 0 Å². The number of unbranched alkanes of at least 4 members (excludes halogenated alkanes) is 1. The van der Waals surface area contributed by atoms with Crippen LogP contribution in [0.15, 0.2) is 54.9 Å². The maximum Gasteiger partial charge on any atom is 0.348 e. The lowest BCUT2D eigenvalue weighted by atomic mass is 10.0. The number of ether oxygens (including phenoxy) is 1. The summed E-state index contributed by atoms with van der Waals surface area (Å²) in [5.41, 5.74) is 3.64. The minimum Gasteiger partial charge on any atom is -0.465 e. The molecule has 0 radical (unpaired) electrons. The van der Waals surface area contributed by atoms with Gasteiger partial charge in [0.05, 0.1) is 12.7 Å². The predicted octanol–water partition coefficient (Wildman–Crippen LogP) is 5.42. The Morgan fingerprint density at radius 2 is 2.00 bits per heavy atom. The molecule has 3 nitrogen and oxygen atoms in total. The fourth-order valence-electron chi connectivity index (χ4n) is 2.59. The van der Waals surface area contributed by atoms with Crippen LogP contribution in [0.2, 0.25) is 0 Å². The summed E-state index contributed by atoms with van der Waals surface area (Å²) in [5.74, 6) is 6.01. The van der Waals surface area contributed by atoms with Crippen molar-refractivity contribution >= 4 is 17.3 Å². The third-order valence-corrected chi connectivity index (χ3v) is 5.03. The Bertz CT molecular complexity index is 965. The van der Waals surface area contributed by atoms with E-state index in [1.165, 1.54) is 18.4 Å². The Balaban J connectivity index is 2.15. The van der Waals surface area contributed by atoms with Crippen molar-refractivity contribution in [2.75, 3.05) is 7.11 Å². The lowest BCUT2D eigenvalue weighted by molar-refractivity contribution is 0.0607. The minimum atomic E-state index is -0.337. The minimum absolute atomic E-state index is 0.337.